The molecular formula is C13H18ClFN2O3S. The molecule has 1 heterocycles. The molecule has 8 heteroatoms. The molecule has 0 bridgehead atoms. The highest BCUT2D eigenvalue weighted by atomic mass is 35.5. The van der Waals surface area contributed by atoms with Crippen molar-refractivity contribution in [3.63, 3.8) is 0 Å². The van der Waals surface area contributed by atoms with Gasteiger partial charge in [-0.1, -0.05) is 11.6 Å². The van der Waals surface area contributed by atoms with Crippen molar-refractivity contribution in [2.45, 2.75) is 11.3 Å². The molecule has 0 atom stereocenters. The lowest BCUT2D eigenvalue weighted by atomic mass is 10.3. The van der Waals surface area contributed by atoms with E-state index in [1.54, 1.807) is 0 Å². The van der Waals surface area contributed by atoms with Crippen molar-refractivity contribution in [2.24, 2.45) is 0 Å². The SMILES string of the molecule is O=S(=O)(c1ccc(F)cc1Cl)N1CCCN(CCO)CC1. The number of aliphatic hydroxyl groups is 1. The smallest absolute Gasteiger partial charge is 0.244 e. The zero-order chi connectivity index (χ0) is 15.5. The Balaban J connectivity index is 2.19. The van der Waals surface area contributed by atoms with Gasteiger partial charge >= 0.3 is 0 Å². The highest BCUT2D eigenvalue weighted by Gasteiger charge is 2.28. The zero-order valence-corrected chi connectivity index (χ0v) is 13.1. The van der Waals surface area contributed by atoms with Crippen LogP contribution in [0.15, 0.2) is 23.1 Å². The Morgan fingerprint density at radius 2 is 2.00 bits per heavy atom. The summed E-state index contributed by atoms with van der Waals surface area (Å²) < 4.78 is 39.6. The van der Waals surface area contributed by atoms with Crippen LogP contribution in [-0.4, -0.2) is 62.1 Å². The van der Waals surface area contributed by atoms with Crippen molar-refractivity contribution in [2.75, 3.05) is 39.3 Å². The molecule has 0 aromatic heterocycles. The van der Waals surface area contributed by atoms with Crippen LogP contribution in [0.1, 0.15) is 6.42 Å². The Bertz CT molecular complexity index is 597. The highest BCUT2D eigenvalue weighted by molar-refractivity contribution is 7.89. The number of hydrogen-bond donors (Lipinski definition) is 1. The molecule has 5 nitrogen and oxygen atoms in total. The number of hydrogen-bond acceptors (Lipinski definition) is 4. The zero-order valence-electron chi connectivity index (χ0n) is 11.5. The first-order valence-corrected chi connectivity index (χ1v) is 8.55. The summed E-state index contributed by atoms with van der Waals surface area (Å²) in [7, 11) is -3.73. The number of aliphatic hydroxyl groups excluding tert-OH is 1. The monoisotopic (exact) mass is 336 g/mol. The van der Waals surface area contributed by atoms with E-state index < -0.39 is 15.8 Å². The van der Waals surface area contributed by atoms with Crippen LogP contribution in [-0.2, 0) is 10.0 Å². The van der Waals surface area contributed by atoms with E-state index in [-0.39, 0.29) is 16.5 Å². The predicted molar refractivity (Wildman–Crippen MR) is 78.3 cm³/mol. The quantitative estimate of drug-likeness (QED) is 0.896. The molecule has 0 amide bonds. The lowest BCUT2D eigenvalue weighted by molar-refractivity contribution is 0.202. The Morgan fingerprint density at radius 3 is 2.67 bits per heavy atom. The minimum absolute atomic E-state index is 0.0521. The predicted octanol–water partition coefficient (Wildman–Crippen LogP) is 1.17. The topological polar surface area (TPSA) is 60.9 Å². The molecule has 0 unspecified atom stereocenters. The van der Waals surface area contributed by atoms with Gasteiger partial charge in [-0.25, -0.2) is 12.8 Å². The summed E-state index contributed by atoms with van der Waals surface area (Å²) in [6.07, 6.45) is 0.679. The maximum atomic E-state index is 13.1. The van der Waals surface area contributed by atoms with Gasteiger partial charge in [0.15, 0.2) is 0 Å². The standard InChI is InChI=1S/C13H18ClFN2O3S/c14-12-10-11(15)2-3-13(12)21(19,20)17-5-1-4-16(6-7-17)8-9-18/h2-3,10,18H,1,4-9H2. The molecule has 1 saturated heterocycles. The van der Waals surface area contributed by atoms with Gasteiger partial charge in [-0.3, -0.25) is 4.90 Å². The van der Waals surface area contributed by atoms with Gasteiger partial charge in [0.1, 0.15) is 10.7 Å². The average molecular weight is 337 g/mol. The molecule has 0 aliphatic carbocycles. The van der Waals surface area contributed by atoms with Crippen molar-refractivity contribution >= 4 is 21.6 Å². The second kappa shape index (κ2) is 7.02. The Labute approximate surface area is 129 Å². The molecule has 1 aliphatic rings. The third kappa shape index (κ3) is 3.92. The fourth-order valence-electron chi connectivity index (χ4n) is 2.38. The summed E-state index contributed by atoms with van der Waals surface area (Å²) in [5.41, 5.74) is 0. The van der Waals surface area contributed by atoms with Crippen molar-refractivity contribution in [1.29, 1.82) is 0 Å². The fourth-order valence-corrected chi connectivity index (χ4v) is 4.35. The second-order valence-electron chi connectivity index (χ2n) is 4.90. The lowest BCUT2D eigenvalue weighted by Crippen LogP contribution is -2.36. The van der Waals surface area contributed by atoms with Gasteiger partial charge in [0, 0.05) is 26.2 Å². The van der Waals surface area contributed by atoms with Crippen LogP contribution >= 0.6 is 11.6 Å². The summed E-state index contributed by atoms with van der Waals surface area (Å²) in [5, 5.41) is 8.84. The minimum atomic E-state index is -3.73. The molecule has 1 aromatic rings. The average Bonchev–Trinajstić information content (AvgIpc) is 2.65. The first-order chi connectivity index (χ1) is 9.95. The van der Waals surface area contributed by atoms with E-state index in [0.29, 0.717) is 32.6 Å². The van der Waals surface area contributed by atoms with E-state index in [1.165, 1.54) is 10.4 Å². The first-order valence-electron chi connectivity index (χ1n) is 6.73. The number of benzene rings is 1. The van der Waals surface area contributed by atoms with Gasteiger partial charge in [-0.2, -0.15) is 4.31 Å². The lowest BCUT2D eigenvalue weighted by Gasteiger charge is -2.21. The summed E-state index contributed by atoms with van der Waals surface area (Å²) in [6.45, 7) is 2.60. The number of rotatable bonds is 4. The first kappa shape index (κ1) is 16.6. The maximum Gasteiger partial charge on any atom is 0.244 e. The molecule has 1 aromatic carbocycles. The Kier molecular flexibility index (Phi) is 5.56. The van der Waals surface area contributed by atoms with E-state index in [2.05, 4.69) is 0 Å². The van der Waals surface area contributed by atoms with Crippen LogP contribution in [0.3, 0.4) is 0 Å². The molecular weight excluding hydrogens is 319 g/mol. The van der Waals surface area contributed by atoms with Gasteiger partial charge in [0.05, 0.1) is 11.6 Å². The molecule has 1 N–H and O–H groups in total. The fraction of sp³-hybridized carbons (Fsp3) is 0.538. The molecule has 2 rings (SSSR count). The van der Waals surface area contributed by atoms with Crippen molar-refractivity contribution in [3.8, 4) is 0 Å². The van der Waals surface area contributed by atoms with Crippen molar-refractivity contribution in [3.05, 3.63) is 29.0 Å². The van der Waals surface area contributed by atoms with Crippen LogP contribution < -0.4 is 0 Å². The molecule has 118 valence electrons. The van der Waals surface area contributed by atoms with Gasteiger partial charge in [0.2, 0.25) is 10.0 Å². The van der Waals surface area contributed by atoms with E-state index in [1.807, 2.05) is 4.90 Å². The maximum absolute atomic E-state index is 13.1. The number of sulfonamides is 1. The molecule has 1 aliphatic heterocycles. The molecule has 1 fully saturated rings. The van der Waals surface area contributed by atoms with Crippen LogP contribution in [0.4, 0.5) is 4.39 Å². The van der Waals surface area contributed by atoms with Gasteiger partial charge in [0.25, 0.3) is 0 Å². The number of nitrogens with zero attached hydrogens (tertiary/aromatic N) is 2. The summed E-state index contributed by atoms with van der Waals surface area (Å²) in [4.78, 5) is 1.95. The van der Waals surface area contributed by atoms with Gasteiger partial charge in [-0.05, 0) is 31.2 Å². The summed E-state index contributed by atoms with van der Waals surface area (Å²) >= 11 is 5.86. The van der Waals surface area contributed by atoms with Crippen LogP contribution in [0.25, 0.3) is 0 Å². The molecule has 21 heavy (non-hydrogen) atoms. The van der Waals surface area contributed by atoms with Gasteiger partial charge < -0.3 is 5.11 Å². The molecule has 0 radical (unpaired) electrons. The van der Waals surface area contributed by atoms with Crippen molar-refractivity contribution < 1.29 is 17.9 Å². The second-order valence-corrected chi connectivity index (χ2v) is 7.21. The normalized spacial score (nSPS) is 18.6. The van der Waals surface area contributed by atoms with E-state index in [0.717, 1.165) is 18.7 Å². The number of halogens is 2. The van der Waals surface area contributed by atoms with Crippen LogP contribution in [0.2, 0.25) is 5.02 Å². The Morgan fingerprint density at radius 1 is 1.24 bits per heavy atom. The van der Waals surface area contributed by atoms with E-state index in [4.69, 9.17) is 16.7 Å². The summed E-state index contributed by atoms with van der Waals surface area (Å²) in [5.74, 6) is -0.566. The van der Waals surface area contributed by atoms with Crippen molar-refractivity contribution in [1.82, 2.24) is 9.21 Å². The van der Waals surface area contributed by atoms with Crippen LogP contribution in [0, 0.1) is 5.82 Å². The van der Waals surface area contributed by atoms with E-state index in [9.17, 15) is 12.8 Å². The highest BCUT2D eigenvalue weighted by Crippen LogP contribution is 2.26. The minimum Gasteiger partial charge on any atom is -0.395 e. The molecule has 0 saturated carbocycles. The number of β-amino-alcohol motifs (C(OH)–C–C–N with tert-alkyl or cyclic N) is 1. The third-order valence-electron chi connectivity index (χ3n) is 3.48. The summed E-state index contributed by atoms with van der Waals surface area (Å²) in [6, 6.07) is 3.29. The largest absolute Gasteiger partial charge is 0.395 e. The Hall–Kier alpha value is -0.730. The van der Waals surface area contributed by atoms with E-state index >= 15 is 0 Å². The molecule has 0 spiro atoms. The van der Waals surface area contributed by atoms with Gasteiger partial charge in [-0.15, -0.1) is 0 Å². The van der Waals surface area contributed by atoms with Crippen LogP contribution in [0.5, 0.6) is 0 Å². The third-order valence-corrected chi connectivity index (χ3v) is 5.86.